The molecule has 6 nitrogen and oxygen atoms in total. The van der Waals surface area contributed by atoms with Gasteiger partial charge in [-0.05, 0) is 151 Å². The lowest BCUT2D eigenvalue weighted by molar-refractivity contribution is -0.144. The number of amides is 1. The predicted octanol–water partition coefficient (Wildman–Crippen LogP) is 11.2. The molecule has 0 spiro atoms. The second-order valence-electron chi connectivity index (χ2n) is 15.0. The van der Waals surface area contributed by atoms with Crippen molar-refractivity contribution in [3.63, 3.8) is 0 Å². The first kappa shape index (κ1) is 46.3. The number of nitrogens with zero attached hydrogens (tertiary/aromatic N) is 1. The fourth-order valence-electron chi connectivity index (χ4n) is 6.34. The molecule has 0 unspecified atom stereocenters. The van der Waals surface area contributed by atoms with Gasteiger partial charge in [0, 0.05) is 26.1 Å². The third-order valence-corrected chi connectivity index (χ3v) is 9.48. The summed E-state index contributed by atoms with van der Waals surface area (Å²) in [6.45, 7) is 24.9. The van der Waals surface area contributed by atoms with Crippen LogP contribution < -0.4 is 5.32 Å². The molecule has 1 N–H and O–H groups in total. The van der Waals surface area contributed by atoms with E-state index in [1.165, 1.54) is 92.9 Å². The van der Waals surface area contributed by atoms with Crippen LogP contribution in [0, 0.1) is 5.92 Å². The lowest BCUT2D eigenvalue weighted by atomic mass is 9.85. The number of hydrogen-bond donors (Lipinski definition) is 1. The molecule has 0 bridgehead atoms. The molecule has 0 aromatic carbocycles. The fourth-order valence-corrected chi connectivity index (χ4v) is 6.34. The molecule has 51 heavy (non-hydrogen) atoms. The Balaban J connectivity index is 0.000000581. The zero-order valence-electron chi connectivity index (χ0n) is 34.0. The molecule has 1 atom stereocenters. The maximum atomic E-state index is 11.5. The Labute approximate surface area is 314 Å². The second kappa shape index (κ2) is 29.8. The smallest absolute Gasteiger partial charge is 0.306 e. The van der Waals surface area contributed by atoms with Gasteiger partial charge in [-0.1, -0.05) is 70.4 Å². The first-order valence-electron chi connectivity index (χ1n) is 20.1. The summed E-state index contributed by atoms with van der Waals surface area (Å²) in [5, 5.41) is 2.82. The van der Waals surface area contributed by atoms with Crippen molar-refractivity contribution in [2.24, 2.45) is 5.92 Å². The van der Waals surface area contributed by atoms with Crippen LogP contribution in [0.5, 0.6) is 0 Å². The minimum Gasteiger partial charge on any atom is -0.466 e. The number of allylic oxidation sites excluding steroid dienone is 11. The van der Waals surface area contributed by atoms with Gasteiger partial charge in [0.2, 0.25) is 5.91 Å². The van der Waals surface area contributed by atoms with E-state index >= 15 is 0 Å². The van der Waals surface area contributed by atoms with Crippen LogP contribution in [-0.2, 0) is 19.1 Å². The van der Waals surface area contributed by atoms with Crippen LogP contribution >= 0.6 is 0 Å². The summed E-state index contributed by atoms with van der Waals surface area (Å²) in [6, 6.07) is 0. The highest BCUT2D eigenvalue weighted by Gasteiger charge is 2.14. The molecule has 2 aliphatic rings. The van der Waals surface area contributed by atoms with E-state index in [1.807, 2.05) is 0 Å². The van der Waals surface area contributed by atoms with Crippen molar-refractivity contribution in [2.75, 3.05) is 46.0 Å². The molecule has 1 aliphatic heterocycles. The molecular weight excluding hydrogens is 633 g/mol. The van der Waals surface area contributed by atoms with Gasteiger partial charge in [-0.15, -0.1) is 0 Å². The zero-order valence-corrected chi connectivity index (χ0v) is 34.0. The van der Waals surface area contributed by atoms with Crippen molar-refractivity contribution in [1.82, 2.24) is 10.2 Å². The number of nitrogens with one attached hydrogen (secondary N) is 1. The predicted molar refractivity (Wildman–Crippen MR) is 218 cm³/mol. The van der Waals surface area contributed by atoms with Crippen LogP contribution in [0.3, 0.4) is 0 Å². The van der Waals surface area contributed by atoms with Gasteiger partial charge in [-0.25, -0.2) is 0 Å². The number of hydrogen-bond acceptors (Lipinski definition) is 5. The zero-order chi connectivity index (χ0) is 37.7. The van der Waals surface area contributed by atoms with E-state index in [-0.39, 0.29) is 24.7 Å². The number of rotatable bonds is 23. The molecule has 1 fully saturated rings. The number of carbonyl (C=O) groups excluding carboxylic acids is 2. The lowest BCUT2D eigenvalue weighted by Crippen LogP contribution is -2.38. The van der Waals surface area contributed by atoms with Crippen LogP contribution in [0.2, 0.25) is 0 Å². The van der Waals surface area contributed by atoms with Crippen molar-refractivity contribution in [1.29, 1.82) is 0 Å². The van der Waals surface area contributed by atoms with Crippen LogP contribution in [0.1, 0.15) is 151 Å². The van der Waals surface area contributed by atoms with E-state index in [2.05, 4.69) is 88.7 Å². The van der Waals surface area contributed by atoms with E-state index in [0.717, 1.165) is 58.0 Å². The summed E-state index contributed by atoms with van der Waals surface area (Å²) < 4.78 is 10.0. The largest absolute Gasteiger partial charge is 0.466 e. The number of carbonyl (C=O) groups is 2. The average molecular weight is 709 g/mol. The molecule has 2 rings (SSSR count). The number of esters is 1. The van der Waals surface area contributed by atoms with Crippen molar-refractivity contribution >= 4 is 11.9 Å². The summed E-state index contributed by atoms with van der Waals surface area (Å²) in [6.07, 6.45) is 29.6. The van der Waals surface area contributed by atoms with E-state index in [9.17, 15) is 9.59 Å². The van der Waals surface area contributed by atoms with Gasteiger partial charge in [0.25, 0.3) is 0 Å². The molecule has 1 saturated heterocycles. The van der Waals surface area contributed by atoms with E-state index in [1.54, 1.807) is 18.1 Å². The SMILES string of the molecule is C=C(CC/C=C(\C)CCC=C(C)C)CC[C@H]1C=C(CC/C=C(\C)CCC=C(C)C)CCC1.CCOC(=O)CCC(=O)NCCCN1CCOCC1. The summed E-state index contributed by atoms with van der Waals surface area (Å²) in [7, 11) is 0. The molecule has 1 heterocycles. The molecule has 0 aromatic heterocycles. The maximum Gasteiger partial charge on any atom is 0.306 e. The third kappa shape index (κ3) is 27.6. The standard InChI is InChI=1S/C32H52.C13H24N2O4/c1-26(2)13-8-15-28(5)17-10-18-30(7)23-24-32-22-12-21-31(25-32)20-11-19-29(6)16-9-14-27(3)4;1-2-19-13(17)5-4-12(16)14-6-3-7-15-8-10-18-11-9-15/h13-14,17,19,25,32H,7-12,15-16,18,20-24H2,1-6H3;2-11H2,1H3,(H,14,16)/b28-17+,29-19+;/t32-;/m0./s1. The second-order valence-corrected chi connectivity index (χ2v) is 15.0. The van der Waals surface area contributed by atoms with Gasteiger partial charge >= 0.3 is 5.97 Å². The number of ether oxygens (including phenoxy) is 2. The molecule has 0 radical (unpaired) electrons. The first-order valence-corrected chi connectivity index (χ1v) is 20.1. The monoisotopic (exact) mass is 709 g/mol. The Kier molecular flexibility index (Phi) is 27.1. The molecule has 0 aromatic rings. The Bertz CT molecular complexity index is 1140. The van der Waals surface area contributed by atoms with Crippen molar-refractivity contribution in [2.45, 2.75) is 151 Å². The van der Waals surface area contributed by atoms with Crippen LogP contribution in [0.4, 0.5) is 0 Å². The summed E-state index contributed by atoms with van der Waals surface area (Å²) in [4.78, 5) is 24.8. The Hall–Kier alpha value is -2.70. The highest BCUT2D eigenvalue weighted by atomic mass is 16.5. The normalized spacial score (nSPS) is 16.7. The third-order valence-electron chi connectivity index (χ3n) is 9.48. The van der Waals surface area contributed by atoms with Gasteiger partial charge in [-0.2, -0.15) is 0 Å². The minimum absolute atomic E-state index is 0.0879. The molecular formula is C45H76N2O4. The molecule has 0 saturated carbocycles. The van der Waals surface area contributed by atoms with E-state index in [4.69, 9.17) is 9.47 Å². The highest BCUT2D eigenvalue weighted by molar-refractivity contribution is 5.81. The first-order chi connectivity index (χ1) is 24.5. The Morgan fingerprint density at radius 2 is 1.49 bits per heavy atom. The Morgan fingerprint density at radius 1 is 0.863 bits per heavy atom. The lowest BCUT2D eigenvalue weighted by Gasteiger charge is -2.26. The van der Waals surface area contributed by atoms with Crippen LogP contribution in [-0.4, -0.2) is 62.8 Å². The van der Waals surface area contributed by atoms with Gasteiger partial charge in [-0.3, -0.25) is 14.5 Å². The van der Waals surface area contributed by atoms with Crippen molar-refractivity contribution in [3.05, 3.63) is 70.4 Å². The van der Waals surface area contributed by atoms with Gasteiger partial charge < -0.3 is 14.8 Å². The summed E-state index contributed by atoms with van der Waals surface area (Å²) in [5.41, 5.74) is 9.07. The van der Waals surface area contributed by atoms with Crippen molar-refractivity contribution in [3.8, 4) is 0 Å². The van der Waals surface area contributed by atoms with Gasteiger partial charge in [0.05, 0.1) is 26.2 Å². The molecule has 1 amide bonds. The molecule has 290 valence electrons. The van der Waals surface area contributed by atoms with E-state index in [0.29, 0.717) is 13.2 Å². The van der Waals surface area contributed by atoms with Crippen molar-refractivity contribution < 1.29 is 19.1 Å². The van der Waals surface area contributed by atoms with Gasteiger partial charge in [0.15, 0.2) is 0 Å². The molecule has 6 heteroatoms. The van der Waals surface area contributed by atoms with Crippen LogP contribution in [0.15, 0.2) is 70.4 Å². The average Bonchev–Trinajstić information content (AvgIpc) is 3.09. The Morgan fingerprint density at radius 3 is 2.12 bits per heavy atom. The minimum atomic E-state index is -0.314. The maximum absolute atomic E-state index is 11.5. The number of morpholine rings is 1. The van der Waals surface area contributed by atoms with Gasteiger partial charge in [0.1, 0.15) is 0 Å². The van der Waals surface area contributed by atoms with Crippen LogP contribution in [0.25, 0.3) is 0 Å². The summed E-state index contributed by atoms with van der Waals surface area (Å²) >= 11 is 0. The fraction of sp³-hybridized carbons (Fsp3) is 0.689. The quantitative estimate of drug-likeness (QED) is 0.0650. The highest BCUT2D eigenvalue weighted by Crippen LogP contribution is 2.30. The molecule has 1 aliphatic carbocycles. The van der Waals surface area contributed by atoms with E-state index < -0.39 is 0 Å². The topological polar surface area (TPSA) is 67.9 Å². The summed E-state index contributed by atoms with van der Waals surface area (Å²) in [5.74, 6) is 0.376.